The monoisotopic (exact) mass is 371 g/mol. The predicted octanol–water partition coefficient (Wildman–Crippen LogP) is -0.780. The summed E-state index contributed by atoms with van der Waals surface area (Å²) in [6.45, 7) is 1.75. The lowest BCUT2D eigenvalue weighted by Crippen LogP contribution is -2.36. The van der Waals surface area contributed by atoms with Crippen molar-refractivity contribution in [2.75, 3.05) is 13.1 Å². The Morgan fingerprint density at radius 1 is 1.41 bits per heavy atom. The molecule has 1 aliphatic rings. The molecule has 1 aliphatic heterocycles. The Labute approximate surface area is 116 Å². The number of nitrogens with two attached hydrogens (primary N) is 1. The Morgan fingerprint density at radius 3 is 2.71 bits per heavy atom. The van der Waals surface area contributed by atoms with Crippen LogP contribution in [0.2, 0.25) is 0 Å². The normalized spacial score (nSPS) is 14.4. The summed E-state index contributed by atoms with van der Waals surface area (Å²) in [5.74, 6) is 0.442. The van der Waals surface area contributed by atoms with Gasteiger partial charge in [0, 0.05) is 6.54 Å². The van der Waals surface area contributed by atoms with Crippen molar-refractivity contribution in [2.24, 2.45) is 10.7 Å². The minimum Gasteiger partial charge on any atom is -0.370 e. The Bertz CT molecular complexity index is 552. The first-order chi connectivity index (χ1) is 7.58. The van der Waals surface area contributed by atoms with Crippen molar-refractivity contribution in [3.05, 3.63) is 30.1 Å². The van der Waals surface area contributed by atoms with Gasteiger partial charge in [-0.3, -0.25) is 14.8 Å². The first-order valence-corrected chi connectivity index (χ1v) is 5.71. The number of guanidine groups is 1. The lowest BCUT2D eigenvalue weighted by Gasteiger charge is -2.17. The number of nitrogens with zero attached hydrogens (tertiary/aromatic N) is 2. The maximum Gasteiger partial charge on any atom is 0.326 e. The highest BCUT2D eigenvalue weighted by Gasteiger charge is 2.16. The van der Waals surface area contributed by atoms with Gasteiger partial charge in [-0.15, -0.1) is 12.4 Å². The van der Waals surface area contributed by atoms with Crippen LogP contribution in [0.3, 0.4) is 0 Å². The molecule has 0 aromatic carbocycles. The molecule has 0 aliphatic carbocycles. The van der Waals surface area contributed by atoms with Crippen molar-refractivity contribution in [3.8, 4) is 0 Å². The molecule has 2 rings (SSSR count). The zero-order valence-electron chi connectivity index (χ0n) is 8.70. The van der Waals surface area contributed by atoms with Crippen molar-refractivity contribution >= 4 is 41.0 Å². The van der Waals surface area contributed by atoms with E-state index in [1.165, 1.54) is 0 Å². The number of aromatic amines is 2. The molecule has 1 aromatic rings. The quantitative estimate of drug-likeness (QED) is 0.593. The van der Waals surface area contributed by atoms with Gasteiger partial charge < -0.3 is 15.6 Å². The van der Waals surface area contributed by atoms with Crippen molar-refractivity contribution in [2.45, 2.75) is 6.54 Å². The van der Waals surface area contributed by atoms with E-state index in [2.05, 4.69) is 15.0 Å². The number of H-pyrrole nitrogens is 2. The molecular weight excluding hydrogens is 360 g/mol. The molecule has 94 valence electrons. The first kappa shape index (κ1) is 14.0. The minimum absolute atomic E-state index is 0. The summed E-state index contributed by atoms with van der Waals surface area (Å²) in [7, 11) is 0. The molecule has 0 unspecified atom stereocenters. The van der Waals surface area contributed by atoms with Crippen LogP contribution in [0.4, 0.5) is 0 Å². The van der Waals surface area contributed by atoms with Gasteiger partial charge in [-0.1, -0.05) is 0 Å². The number of nitrogens with one attached hydrogen (secondary N) is 2. The van der Waals surface area contributed by atoms with Crippen LogP contribution in [0.25, 0.3) is 0 Å². The average molecular weight is 372 g/mol. The number of halogens is 2. The third-order valence-electron chi connectivity index (χ3n) is 2.27. The standard InChI is InChI=1S/C8H10IN5O2.ClH/c9-5-4(12-8(16)13-6(5)15)3-14-2-1-11-7(14)10;/h1-3H2,(H2,10,11)(H2,12,13,15,16);1H. The Balaban J connectivity index is 0.00000144. The Kier molecular flexibility index (Phi) is 4.57. The predicted molar refractivity (Wildman–Crippen MR) is 74.5 cm³/mol. The number of aromatic nitrogens is 2. The molecule has 0 atom stereocenters. The molecule has 0 radical (unpaired) electrons. The second-order valence-electron chi connectivity index (χ2n) is 3.36. The van der Waals surface area contributed by atoms with Crippen molar-refractivity contribution in [3.63, 3.8) is 0 Å². The number of rotatable bonds is 2. The number of aliphatic imine (C=N–C) groups is 1. The zero-order chi connectivity index (χ0) is 11.7. The highest BCUT2D eigenvalue weighted by atomic mass is 127. The lowest BCUT2D eigenvalue weighted by atomic mass is 10.3. The van der Waals surface area contributed by atoms with Gasteiger partial charge in [0.1, 0.15) is 0 Å². The van der Waals surface area contributed by atoms with Crippen LogP contribution < -0.4 is 17.0 Å². The number of hydrogen-bond donors (Lipinski definition) is 3. The topological polar surface area (TPSA) is 107 Å². The highest BCUT2D eigenvalue weighted by molar-refractivity contribution is 14.1. The summed E-state index contributed by atoms with van der Waals surface area (Å²) in [6, 6.07) is 0. The van der Waals surface area contributed by atoms with Crippen molar-refractivity contribution in [1.82, 2.24) is 14.9 Å². The van der Waals surface area contributed by atoms with Gasteiger partial charge >= 0.3 is 5.69 Å². The summed E-state index contributed by atoms with van der Waals surface area (Å²) < 4.78 is 0.469. The highest BCUT2D eigenvalue weighted by Crippen LogP contribution is 2.08. The maximum atomic E-state index is 11.4. The molecule has 2 heterocycles. The molecule has 1 aromatic heterocycles. The molecule has 9 heteroatoms. The molecule has 7 nitrogen and oxygen atoms in total. The second-order valence-corrected chi connectivity index (χ2v) is 4.44. The lowest BCUT2D eigenvalue weighted by molar-refractivity contribution is 0.439. The number of hydrogen-bond acceptors (Lipinski definition) is 5. The van der Waals surface area contributed by atoms with E-state index in [9.17, 15) is 9.59 Å². The Morgan fingerprint density at radius 2 is 2.12 bits per heavy atom. The fourth-order valence-electron chi connectivity index (χ4n) is 1.48. The summed E-state index contributed by atoms with van der Waals surface area (Å²) in [6.07, 6.45) is 0. The smallest absolute Gasteiger partial charge is 0.326 e. The largest absolute Gasteiger partial charge is 0.370 e. The molecule has 0 fully saturated rings. The third-order valence-corrected chi connectivity index (χ3v) is 3.41. The molecular formula is C8H11ClIN5O2. The minimum atomic E-state index is -0.505. The average Bonchev–Trinajstić information content (AvgIpc) is 2.60. The van der Waals surface area contributed by atoms with E-state index in [0.29, 0.717) is 34.9 Å². The third kappa shape index (κ3) is 3.00. The van der Waals surface area contributed by atoms with Crippen LogP contribution in [-0.4, -0.2) is 33.9 Å². The van der Waals surface area contributed by atoms with E-state index < -0.39 is 5.69 Å². The van der Waals surface area contributed by atoms with Crippen LogP contribution >= 0.6 is 35.0 Å². The fourth-order valence-corrected chi connectivity index (χ4v) is 1.92. The van der Waals surface area contributed by atoms with Gasteiger partial charge in [0.15, 0.2) is 5.96 Å². The molecule has 4 N–H and O–H groups in total. The van der Waals surface area contributed by atoms with E-state index in [-0.39, 0.29) is 18.0 Å². The maximum absolute atomic E-state index is 11.4. The SMILES string of the molecule is Cl.NC1=NCCN1Cc1[nH]c(=O)[nH]c(=O)c1I. The molecule has 17 heavy (non-hydrogen) atoms. The van der Waals surface area contributed by atoms with E-state index in [0.717, 1.165) is 0 Å². The molecule has 0 saturated heterocycles. The van der Waals surface area contributed by atoms with Gasteiger partial charge in [0.2, 0.25) is 0 Å². The van der Waals surface area contributed by atoms with E-state index >= 15 is 0 Å². The summed E-state index contributed by atoms with van der Waals surface area (Å²) in [5.41, 5.74) is 5.33. The fraction of sp³-hybridized carbons (Fsp3) is 0.375. The second kappa shape index (κ2) is 5.54. The van der Waals surface area contributed by atoms with Crippen molar-refractivity contribution in [1.29, 1.82) is 0 Å². The van der Waals surface area contributed by atoms with E-state index in [1.807, 2.05) is 27.5 Å². The van der Waals surface area contributed by atoms with Crippen molar-refractivity contribution < 1.29 is 0 Å². The molecule has 0 spiro atoms. The zero-order valence-corrected chi connectivity index (χ0v) is 11.7. The molecule has 0 amide bonds. The van der Waals surface area contributed by atoms with Gasteiger partial charge in [0.05, 0.1) is 22.4 Å². The van der Waals surface area contributed by atoms with Crippen LogP contribution in [-0.2, 0) is 6.54 Å². The van der Waals surface area contributed by atoms with Gasteiger partial charge in [-0.2, -0.15) is 0 Å². The van der Waals surface area contributed by atoms with Crippen LogP contribution in [0.1, 0.15) is 5.69 Å². The Hall–Kier alpha value is -1.03. The first-order valence-electron chi connectivity index (χ1n) is 4.64. The molecule has 0 bridgehead atoms. The van der Waals surface area contributed by atoms with Gasteiger partial charge in [0.25, 0.3) is 5.56 Å². The van der Waals surface area contributed by atoms with Crippen LogP contribution in [0.15, 0.2) is 14.6 Å². The molecule has 0 saturated carbocycles. The summed E-state index contributed by atoms with van der Waals surface area (Å²) >= 11 is 1.89. The summed E-state index contributed by atoms with van der Waals surface area (Å²) in [4.78, 5) is 33.1. The van der Waals surface area contributed by atoms with Gasteiger partial charge in [-0.25, -0.2) is 4.79 Å². The van der Waals surface area contributed by atoms with Crippen LogP contribution in [0.5, 0.6) is 0 Å². The van der Waals surface area contributed by atoms with Crippen LogP contribution in [0, 0.1) is 3.57 Å². The summed E-state index contributed by atoms with van der Waals surface area (Å²) in [5, 5.41) is 0. The van der Waals surface area contributed by atoms with E-state index in [1.54, 1.807) is 0 Å². The van der Waals surface area contributed by atoms with Gasteiger partial charge in [-0.05, 0) is 22.6 Å². The van der Waals surface area contributed by atoms with E-state index in [4.69, 9.17) is 5.73 Å².